The van der Waals surface area contributed by atoms with E-state index in [1.165, 1.54) is 0 Å². The Balaban J connectivity index is 2.68. The first-order chi connectivity index (χ1) is 8.19. The first kappa shape index (κ1) is 13.8. The fraction of sp³-hybridized carbons (Fsp3) is 0.538. The third-order valence-electron chi connectivity index (χ3n) is 2.48. The first-order valence-electron chi connectivity index (χ1n) is 5.73. The van der Waals surface area contributed by atoms with E-state index in [4.69, 9.17) is 19.9 Å². The molecule has 1 unspecified atom stereocenters. The van der Waals surface area contributed by atoms with E-state index in [2.05, 4.69) is 0 Å². The van der Waals surface area contributed by atoms with Gasteiger partial charge in [-0.15, -0.1) is 0 Å². The number of methoxy groups -OCH3 is 2. The van der Waals surface area contributed by atoms with Gasteiger partial charge in [0.2, 0.25) is 0 Å². The maximum atomic E-state index is 5.79. The van der Waals surface area contributed by atoms with E-state index in [1.54, 1.807) is 14.2 Å². The molecular weight excluding hydrogens is 218 g/mol. The van der Waals surface area contributed by atoms with Crippen LogP contribution in [0.1, 0.15) is 18.9 Å². The average Bonchev–Trinajstić information content (AvgIpc) is 2.35. The van der Waals surface area contributed by atoms with Gasteiger partial charge < -0.3 is 19.9 Å². The van der Waals surface area contributed by atoms with Crippen molar-refractivity contribution >= 4 is 0 Å². The zero-order valence-corrected chi connectivity index (χ0v) is 10.7. The van der Waals surface area contributed by atoms with Crippen LogP contribution in [0, 0.1) is 0 Å². The van der Waals surface area contributed by atoms with Crippen LogP contribution in [0.25, 0.3) is 0 Å². The predicted octanol–water partition coefficient (Wildman–Crippen LogP) is 1.96. The van der Waals surface area contributed by atoms with Crippen molar-refractivity contribution in [3.8, 4) is 11.5 Å². The van der Waals surface area contributed by atoms with E-state index in [0.29, 0.717) is 13.2 Å². The summed E-state index contributed by atoms with van der Waals surface area (Å²) in [5.41, 5.74) is 6.62. The highest BCUT2D eigenvalue weighted by atomic mass is 16.5. The number of benzene rings is 1. The summed E-state index contributed by atoms with van der Waals surface area (Å²) in [4.78, 5) is 0. The Morgan fingerprint density at radius 3 is 2.47 bits per heavy atom. The number of nitrogens with two attached hydrogens (primary N) is 1. The molecule has 0 aliphatic rings. The molecule has 0 aliphatic heterocycles. The molecule has 4 heteroatoms. The summed E-state index contributed by atoms with van der Waals surface area (Å²) in [7, 11) is 3.32. The zero-order valence-electron chi connectivity index (χ0n) is 10.7. The van der Waals surface area contributed by atoms with Gasteiger partial charge in [-0.05, 0) is 24.6 Å². The fourth-order valence-corrected chi connectivity index (χ4v) is 1.51. The summed E-state index contributed by atoms with van der Waals surface area (Å²) in [6.07, 6.45) is 0.957. The Bertz CT molecular complexity index is 319. The standard InChI is InChI=1S/C13H21NO3/c1-10(4-5-15-2)17-13-7-11(9-14)6-12(8-13)16-3/h6-8,10H,4-5,9,14H2,1-3H3. The number of ether oxygens (including phenoxy) is 3. The highest BCUT2D eigenvalue weighted by molar-refractivity contribution is 5.38. The summed E-state index contributed by atoms with van der Waals surface area (Å²) in [6.45, 7) is 3.18. The second-order valence-corrected chi connectivity index (χ2v) is 3.93. The predicted molar refractivity (Wildman–Crippen MR) is 67.5 cm³/mol. The van der Waals surface area contributed by atoms with Crippen molar-refractivity contribution in [3.63, 3.8) is 0 Å². The third kappa shape index (κ3) is 4.63. The van der Waals surface area contributed by atoms with Crippen LogP contribution in [-0.2, 0) is 11.3 Å². The minimum Gasteiger partial charge on any atom is -0.497 e. The molecule has 1 atom stereocenters. The van der Waals surface area contributed by atoms with E-state index >= 15 is 0 Å². The molecule has 17 heavy (non-hydrogen) atoms. The molecule has 0 heterocycles. The second-order valence-electron chi connectivity index (χ2n) is 3.93. The molecule has 0 saturated carbocycles. The second kappa shape index (κ2) is 7.14. The van der Waals surface area contributed by atoms with Gasteiger partial charge in [-0.2, -0.15) is 0 Å². The van der Waals surface area contributed by atoms with Crippen molar-refractivity contribution < 1.29 is 14.2 Å². The van der Waals surface area contributed by atoms with Crippen LogP contribution in [0.2, 0.25) is 0 Å². The molecule has 0 bridgehead atoms. The SMILES string of the molecule is COCCC(C)Oc1cc(CN)cc(OC)c1. The zero-order chi connectivity index (χ0) is 12.7. The van der Waals surface area contributed by atoms with Gasteiger partial charge in [0.05, 0.1) is 13.2 Å². The number of hydrogen-bond acceptors (Lipinski definition) is 4. The maximum Gasteiger partial charge on any atom is 0.123 e. The van der Waals surface area contributed by atoms with Gasteiger partial charge in [0, 0.05) is 32.7 Å². The van der Waals surface area contributed by atoms with E-state index < -0.39 is 0 Å². The van der Waals surface area contributed by atoms with Crippen molar-refractivity contribution in [2.75, 3.05) is 20.8 Å². The van der Waals surface area contributed by atoms with Crippen LogP contribution in [0.4, 0.5) is 0 Å². The van der Waals surface area contributed by atoms with Gasteiger partial charge in [-0.25, -0.2) is 0 Å². The van der Waals surface area contributed by atoms with Crippen LogP contribution in [-0.4, -0.2) is 26.9 Å². The molecule has 0 saturated heterocycles. The van der Waals surface area contributed by atoms with E-state index in [9.17, 15) is 0 Å². The first-order valence-corrected chi connectivity index (χ1v) is 5.73. The third-order valence-corrected chi connectivity index (χ3v) is 2.48. The summed E-state index contributed by atoms with van der Waals surface area (Å²) in [6, 6.07) is 5.71. The molecule has 96 valence electrons. The van der Waals surface area contributed by atoms with Crippen LogP contribution in [0.3, 0.4) is 0 Å². The topological polar surface area (TPSA) is 53.7 Å². The van der Waals surface area contributed by atoms with Gasteiger partial charge in [-0.3, -0.25) is 0 Å². The lowest BCUT2D eigenvalue weighted by molar-refractivity contribution is 0.135. The lowest BCUT2D eigenvalue weighted by Gasteiger charge is -2.15. The Morgan fingerprint density at radius 1 is 1.18 bits per heavy atom. The molecule has 1 aromatic carbocycles. The van der Waals surface area contributed by atoms with Gasteiger partial charge >= 0.3 is 0 Å². The van der Waals surface area contributed by atoms with Crippen molar-refractivity contribution in [2.45, 2.75) is 26.0 Å². The van der Waals surface area contributed by atoms with Gasteiger partial charge in [0.1, 0.15) is 11.5 Å². The highest BCUT2D eigenvalue weighted by Gasteiger charge is 2.06. The largest absolute Gasteiger partial charge is 0.497 e. The summed E-state index contributed by atoms with van der Waals surface area (Å²) in [5, 5.41) is 0. The van der Waals surface area contributed by atoms with Crippen LogP contribution in [0.5, 0.6) is 11.5 Å². The maximum absolute atomic E-state index is 5.79. The van der Waals surface area contributed by atoms with Crippen molar-refractivity contribution in [3.05, 3.63) is 23.8 Å². The molecule has 0 fully saturated rings. The minimum absolute atomic E-state index is 0.104. The molecule has 0 radical (unpaired) electrons. The summed E-state index contributed by atoms with van der Waals surface area (Å²) >= 11 is 0. The van der Waals surface area contributed by atoms with Crippen molar-refractivity contribution in [1.29, 1.82) is 0 Å². The van der Waals surface area contributed by atoms with E-state index in [0.717, 1.165) is 23.5 Å². The summed E-state index contributed by atoms with van der Waals surface area (Å²) < 4.78 is 16.0. The Hall–Kier alpha value is -1.26. The molecule has 0 aliphatic carbocycles. The Morgan fingerprint density at radius 2 is 1.88 bits per heavy atom. The molecule has 1 aromatic rings. The molecule has 1 rings (SSSR count). The van der Waals surface area contributed by atoms with Crippen LogP contribution >= 0.6 is 0 Å². The lowest BCUT2D eigenvalue weighted by atomic mass is 10.2. The van der Waals surface area contributed by atoms with E-state index in [1.807, 2.05) is 25.1 Å². The normalized spacial score (nSPS) is 12.2. The van der Waals surface area contributed by atoms with Crippen LogP contribution < -0.4 is 15.2 Å². The average molecular weight is 239 g/mol. The molecule has 0 amide bonds. The minimum atomic E-state index is 0.104. The van der Waals surface area contributed by atoms with Gasteiger partial charge in [0.15, 0.2) is 0 Å². The highest BCUT2D eigenvalue weighted by Crippen LogP contribution is 2.23. The molecule has 0 aromatic heterocycles. The Labute approximate surface area is 103 Å². The van der Waals surface area contributed by atoms with Gasteiger partial charge in [-0.1, -0.05) is 0 Å². The fourth-order valence-electron chi connectivity index (χ4n) is 1.51. The summed E-state index contributed by atoms with van der Waals surface area (Å²) in [5.74, 6) is 1.55. The molecule has 0 spiro atoms. The molecule has 4 nitrogen and oxygen atoms in total. The smallest absolute Gasteiger partial charge is 0.123 e. The lowest BCUT2D eigenvalue weighted by Crippen LogP contribution is -2.14. The Kier molecular flexibility index (Phi) is 5.80. The number of rotatable bonds is 7. The van der Waals surface area contributed by atoms with Crippen molar-refractivity contribution in [1.82, 2.24) is 0 Å². The molecular formula is C13H21NO3. The van der Waals surface area contributed by atoms with Gasteiger partial charge in [0.25, 0.3) is 0 Å². The van der Waals surface area contributed by atoms with Crippen LogP contribution in [0.15, 0.2) is 18.2 Å². The van der Waals surface area contributed by atoms with Crippen molar-refractivity contribution in [2.24, 2.45) is 5.73 Å². The quantitative estimate of drug-likeness (QED) is 0.790. The monoisotopic (exact) mass is 239 g/mol. The molecule has 2 N–H and O–H groups in total. The number of hydrogen-bond donors (Lipinski definition) is 1. The van der Waals surface area contributed by atoms with E-state index in [-0.39, 0.29) is 6.10 Å².